The van der Waals surface area contributed by atoms with E-state index in [0.29, 0.717) is 18.2 Å². The van der Waals surface area contributed by atoms with E-state index in [-0.39, 0.29) is 0 Å². The summed E-state index contributed by atoms with van der Waals surface area (Å²) in [6, 6.07) is 6.14. The normalized spacial score (nSPS) is 20.8. The van der Waals surface area contributed by atoms with Crippen molar-refractivity contribution < 1.29 is 13.2 Å². The van der Waals surface area contributed by atoms with Crippen LogP contribution in [0.5, 0.6) is 0 Å². The molecule has 5 heteroatoms. The average molecular weight is 272 g/mol. The molecular formula is C14H19F3N2. The fraction of sp³-hybridized carbons (Fsp3) is 0.571. The monoisotopic (exact) mass is 272 g/mol. The summed E-state index contributed by atoms with van der Waals surface area (Å²) in [5.41, 5.74) is -0.173. The summed E-state index contributed by atoms with van der Waals surface area (Å²) in [7, 11) is 1.89. The molecule has 1 aliphatic rings. The number of nitrogens with one attached hydrogen (secondary N) is 1. The van der Waals surface area contributed by atoms with Crippen molar-refractivity contribution in [3.8, 4) is 0 Å². The van der Waals surface area contributed by atoms with Gasteiger partial charge >= 0.3 is 6.18 Å². The largest absolute Gasteiger partial charge is 0.416 e. The molecule has 0 saturated carbocycles. The number of benzene rings is 1. The number of hydrogen-bond acceptors (Lipinski definition) is 2. The molecule has 1 heterocycles. The molecule has 0 aliphatic carbocycles. The lowest BCUT2D eigenvalue weighted by molar-refractivity contribution is -0.138. The maximum atomic E-state index is 12.9. The minimum Gasteiger partial charge on any atom is -0.315 e. The molecule has 1 saturated heterocycles. The first-order chi connectivity index (χ1) is 8.98. The van der Waals surface area contributed by atoms with Gasteiger partial charge in [0.15, 0.2) is 0 Å². The highest BCUT2D eigenvalue weighted by Gasteiger charge is 2.33. The number of piperidine rings is 1. The van der Waals surface area contributed by atoms with Crippen molar-refractivity contribution in [2.45, 2.75) is 31.6 Å². The molecule has 0 bridgehead atoms. The predicted molar refractivity (Wildman–Crippen MR) is 68.8 cm³/mol. The summed E-state index contributed by atoms with van der Waals surface area (Å²) >= 11 is 0. The zero-order valence-electron chi connectivity index (χ0n) is 11.0. The van der Waals surface area contributed by atoms with E-state index in [2.05, 4.69) is 5.32 Å². The second-order valence-electron chi connectivity index (χ2n) is 5.07. The maximum Gasteiger partial charge on any atom is 0.416 e. The van der Waals surface area contributed by atoms with Crippen molar-refractivity contribution in [3.63, 3.8) is 0 Å². The first-order valence-corrected chi connectivity index (χ1v) is 6.54. The highest BCUT2D eigenvalue weighted by Crippen LogP contribution is 2.32. The molecule has 1 N–H and O–H groups in total. The van der Waals surface area contributed by atoms with Gasteiger partial charge in [-0.15, -0.1) is 0 Å². The second kappa shape index (κ2) is 5.92. The molecule has 0 spiro atoms. The van der Waals surface area contributed by atoms with Crippen molar-refractivity contribution in [1.29, 1.82) is 0 Å². The van der Waals surface area contributed by atoms with Crippen molar-refractivity contribution >= 4 is 0 Å². The van der Waals surface area contributed by atoms with E-state index in [9.17, 15) is 13.2 Å². The molecule has 0 radical (unpaired) electrons. The highest BCUT2D eigenvalue weighted by molar-refractivity contribution is 5.29. The minimum absolute atomic E-state index is 0.315. The van der Waals surface area contributed by atoms with Gasteiger partial charge in [0.1, 0.15) is 0 Å². The Morgan fingerprint density at radius 2 is 2.05 bits per heavy atom. The predicted octanol–water partition coefficient (Wildman–Crippen LogP) is 2.89. The van der Waals surface area contributed by atoms with Gasteiger partial charge in [-0.25, -0.2) is 0 Å². The average Bonchev–Trinajstić information content (AvgIpc) is 2.39. The van der Waals surface area contributed by atoms with Crippen LogP contribution in [0.3, 0.4) is 0 Å². The molecule has 1 aliphatic heterocycles. The number of hydrogen-bond donors (Lipinski definition) is 1. The third-order valence-corrected chi connectivity index (χ3v) is 3.64. The molecule has 2 nitrogen and oxygen atoms in total. The van der Waals surface area contributed by atoms with Crippen LogP contribution < -0.4 is 5.32 Å². The number of likely N-dealkylation sites (N-methyl/N-ethyl adjacent to an activating group) is 1. The van der Waals surface area contributed by atoms with E-state index in [1.165, 1.54) is 6.07 Å². The Kier molecular flexibility index (Phi) is 4.47. The van der Waals surface area contributed by atoms with Crippen LogP contribution in [0.1, 0.15) is 24.0 Å². The minimum atomic E-state index is -4.28. The van der Waals surface area contributed by atoms with Gasteiger partial charge in [-0.3, -0.25) is 4.90 Å². The van der Waals surface area contributed by atoms with E-state index in [1.807, 2.05) is 11.9 Å². The van der Waals surface area contributed by atoms with E-state index >= 15 is 0 Å². The van der Waals surface area contributed by atoms with Gasteiger partial charge in [0.25, 0.3) is 0 Å². The first kappa shape index (κ1) is 14.3. The van der Waals surface area contributed by atoms with Gasteiger partial charge in [0.05, 0.1) is 5.56 Å². The summed E-state index contributed by atoms with van der Waals surface area (Å²) in [6.45, 7) is 2.19. The molecule has 0 aromatic heterocycles. The molecule has 1 atom stereocenters. The Balaban J connectivity index is 2.10. The van der Waals surface area contributed by atoms with Crippen LogP contribution in [0.2, 0.25) is 0 Å². The smallest absolute Gasteiger partial charge is 0.315 e. The Hall–Kier alpha value is -1.07. The first-order valence-electron chi connectivity index (χ1n) is 6.54. The number of halogens is 3. The van der Waals surface area contributed by atoms with E-state index in [0.717, 1.165) is 32.0 Å². The molecule has 19 heavy (non-hydrogen) atoms. The van der Waals surface area contributed by atoms with Crippen LogP contribution in [0.15, 0.2) is 24.3 Å². The topological polar surface area (TPSA) is 15.3 Å². The Morgan fingerprint density at radius 1 is 1.32 bits per heavy atom. The molecule has 1 aromatic carbocycles. The third-order valence-electron chi connectivity index (χ3n) is 3.64. The molecule has 106 valence electrons. The summed E-state index contributed by atoms with van der Waals surface area (Å²) < 4.78 is 38.7. The van der Waals surface area contributed by atoms with Crippen LogP contribution in [-0.4, -0.2) is 31.1 Å². The van der Waals surface area contributed by atoms with Crippen LogP contribution in [0.25, 0.3) is 0 Å². The molecule has 2 rings (SSSR count). The van der Waals surface area contributed by atoms with E-state index < -0.39 is 11.7 Å². The number of nitrogens with zero attached hydrogens (tertiary/aromatic N) is 1. The van der Waals surface area contributed by atoms with E-state index in [1.54, 1.807) is 12.1 Å². The lowest BCUT2D eigenvalue weighted by Gasteiger charge is -2.32. The fourth-order valence-corrected chi connectivity index (χ4v) is 2.54. The van der Waals surface area contributed by atoms with Gasteiger partial charge in [0.2, 0.25) is 0 Å². The summed E-state index contributed by atoms with van der Waals surface area (Å²) in [6.07, 6.45) is -2.16. The lowest BCUT2D eigenvalue weighted by atomic mass is 10.0. The van der Waals surface area contributed by atoms with Crippen LogP contribution in [-0.2, 0) is 12.7 Å². The molecule has 1 fully saturated rings. The maximum absolute atomic E-state index is 12.9. The third kappa shape index (κ3) is 3.70. The van der Waals surface area contributed by atoms with Crippen LogP contribution >= 0.6 is 0 Å². The van der Waals surface area contributed by atoms with Crippen molar-refractivity contribution in [1.82, 2.24) is 10.2 Å². The van der Waals surface area contributed by atoms with Crippen LogP contribution in [0.4, 0.5) is 13.2 Å². The molecule has 1 unspecified atom stereocenters. The number of alkyl halides is 3. The molecule has 1 aromatic rings. The van der Waals surface area contributed by atoms with Crippen molar-refractivity contribution in [2.24, 2.45) is 0 Å². The van der Waals surface area contributed by atoms with Gasteiger partial charge in [-0.1, -0.05) is 18.2 Å². The Labute approximate surface area is 111 Å². The molecule has 0 amide bonds. The quantitative estimate of drug-likeness (QED) is 0.910. The van der Waals surface area contributed by atoms with Gasteiger partial charge in [-0.05, 0) is 38.1 Å². The zero-order valence-corrected chi connectivity index (χ0v) is 11.0. The molecular weight excluding hydrogens is 253 g/mol. The summed E-state index contributed by atoms with van der Waals surface area (Å²) in [4.78, 5) is 2.01. The van der Waals surface area contributed by atoms with Crippen molar-refractivity contribution in [3.05, 3.63) is 35.4 Å². The Morgan fingerprint density at radius 3 is 2.68 bits per heavy atom. The summed E-state index contributed by atoms with van der Waals surface area (Å²) in [5.74, 6) is 0. The highest BCUT2D eigenvalue weighted by atomic mass is 19.4. The van der Waals surface area contributed by atoms with E-state index in [4.69, 9.17) is 0 Å². The summed E-state index contributed by atoms with van der Waals surface area (Å²) in [5, 5.41) is 3.28. The van der Waals surface area contributed by atoms with Gasteiger partial charge in [-0.2, -0.15) is 13.2 Å². The standard InChI is InChI=1S/C14H19F3N2/c1-19(12-6-4-8-18-9-12)10-11-5-2-3-7-13(11)14(15,16)17/h2-3,5,7,12,18H,4,6,8-10H2,1H3. The SMILES string of the molecule is CN(Cc1ccccc1C(F)(F)F)C1CCCNC1. The van der Waals surface area contributed by atoms with Crippen LogP contribution in [0, 0.1) is 0 Å². The van der Waals surface area contributed by atoms with Gasteiger partial charge < -0.3 is 5.32 Å². The zero-order chi connectivity index (χ0) is 13.9. The Bertz CT molecular complexity index is 411. The fourth-order valence-electron chi connectivity index (χ4n) is 2.54. The lowest BCUT2D eigenvalue weighted by Crippen LogP contribution is -2.43. The number of rotatable bonds is 3. The van der Waals surface area contributed by atoms with Gasteiger partial charge in [0, 0.05) is 19.1 Å². The van der Waals surface area contributed by atoms with Crippen molar-refractivity contribution in [2.75, 3.05) is 20.1 Å². The second-order valence-corrected chi connectivity index (χ2v) is 5.07.